The zero-order chi connectivity index (χ0) is 23.0. The van der Waals surface area contributed by atoms with Crippen molar-refractivity contribution in [2.75, 3.05) is 6.54 Å². The molecule has 172 valence electrons. The fraction of sp³-hybridized carbons (Fsp3) is 0.565. The molecule has 2 fully saturated rings. The van der Waals surface area contributed by atoms with E-state index in [-0.39, 0.29) is 35.4 Å². The molecule has 32 heavy (non-hydrogen) atoms. The van der Waals surface area contributed by atoms with Crippen molar-refractivity contribution in [3.05, 3.63) is 33.8 Å². The molecule has 1 aliphatic heterocycles. The highest BCUT2D eigenvalue weighted by atomic mass is 16.3. The molecule has 1 atom stereocenters. The Hall–Kier alpha value is -3.10. The molecular formula is C23H31N5O4. The first-order valence-electron chi connectivity index (χ1n) is 11.4. The number of likely N-dealkylation sites (tertiary alicyclic amines) is 1. The summed E-state index contributed by atoms with van der Waals surface area (Å²) in [5, 5.41) is 17.9. The van der Waals surface area contributed by atoms with E-state index >= 15 is 0 Å². The normalized spacial score (nSPS) is 18.9. The van der Waals surface area contributed by atoms with Gasteiger partial charge in [-0.2, -0.15) is 9.61 Å². The lowest BCUT2D eigenvalue weighted by molar-refractivity contribution is -0.126. The maximum atomic E-state index is 13.0. The van der Waals surface area contributed by atoms with Crippen molar-refractivity contribution in [3.63, 3.8) is 0 Å². The molecule has 2 amide bonds. The van der Waals surface area contributed by atoms with Crippen molar-refractivity contribution in [3.8, 4) is 5.88 Å². The number of hydrogen-bond donors (Lipinski definition) is 2. The van der Waals surface area contributed by atoms with E-state index in [2.05, 4.69) is 17.3 Å². The molecule has 9 heteroatoms. The average Bonchev–Trinajstić information content (AvgIpc) is 3.26. The molecule has 0 radical (unpaired) electrons. The highest BCUT2D eigenvalue weighted by Crippen LogP contribution is 2.25. The third-order valence-electron chi connectivity index (χ3n) is 6.14. The number of aromatic nitrogens is 3. The Balaban J connectivity index is 1.75. The second-order valence-corrected chi connectivity index (χ2v) is 9.16. The van der Waals surface area contributed by atoms with Crippen LogP contribution in [0.1, 0.15) is 68.8 Å². The van der Waals surface area contributed by atoms with Crippen LogP contribution in [0, 0.1) is 5.92 Å². The van der Waals surface area contributed by atoms with Gasteiger partial charge in [-0.3, -0.25) is 19.0 Å². The minimum Gasteiger partial charge on any atom is -0.494 e. The van der Waals surface area contributed by atoms with Crippen LogP contribution < -0.4 is 10.9 Å². The van der Waals surface area contributed by atoms with Crippen molar-refractivity contribution in [2.45, 2.75) is 71.5 Å². The summed E-state index contributed by atoms with van der Waals surface area (Å²) in [6, 6.07) is 0.307. The maximum Gasteiger partial charge on any atom is 0.291 e. The third kappa shape index (κ3) is 4.16. The molecule has 9 nitrogen and oxygen atoms in total. The van der Waals surface area contributed by atoms with Gasteiger partial charge in [-0.25, -0.2) is 0 Å². The van der Waals surface area contributed by atoms with Crippen LogP contribution in [0.4, 0.5) is 0 Å². The van der Waals surface area contributed by atoms with Gasteiger partial charge in [0.05, 0.1) is 6.20 Å². The molecule has 2 N–H and O–H groups in total. The standard InChI is InChI=1S/C23H31N5O4/c1-4-17-6-5-11-26(17)18(29)10-7-15-12-24-28-21(15)27(13-14(2)3)22(31)19(23(28)32)20(30)25-16-8-9-16/h7,10,12,14,16-17,31H,4-6,8-9,11,13H2,1-3H3,(H,25,30)/b10-7+/t17-/m0/s1. The summed E-state index contributed by atoms with van der Waals surface area (Å²) >= 11 is 0. The van der Waals surface area contributed by atoms with E-state index in [1.165, 1.54) is 16.8 Å². The largest absolute Gasteiger partial charge is 0.494 e. The highest BCUT2D eigenvalue weighted by Gasteiger charge is 2.30. The maximum absolute atomic E-state index is 13.0. The molecule has 0 spiro atoms. The van der Waals surface area contributed by atoms with Gasteiger partial charge in [0.15, 0.2) is 5.56 Å². The number of aromatic hydroxyl groups is 1. The Morgan fingerprint density at radius 3 is 2.72 bits per heavy atom. The Labute approximate surface area is 186 Å². The number of carbonyl (C=O) groups is 2. The first kappa shape index (κ1) is 22.1. The molecule has 2 aromatic rings. The third-order valence-corrected chi connectivity index (χ3v) is 6.14. The van der Waals surface area contributed by atoms with Gasteiger partial charge < -0.3 is 15.3 Å². The van der Waals surface area contributed by atoms with Crippen molar-refractivity contribution < 1.29 is 14.7 Å². The molecular weight excluding hydrogens is 410 g/mol. The molecule has 1 saturated heterocycles. The number of hydrogen-bond acceptors (Lipinski definition) is 5. The van der Waals surface area contributed by atoms with Crippen molar-refractivity contribution >= 4 is 23.5 Å². The molecule has 2 aromatic heterocycles. The minimum atomic E-state index is -0.674. The van der Waals surface area contributed by atoms with E-state index in [1.807, 2.05) is 18.7 Å². The predicted molar refractivity (Wildman–Crippen MR) is 121 cm³/mol. The molecule has 4 rings (SSSR count). The monoisotopic (exact) mass is 441 g/mol. The van der Waals surface area contributed by atoms with Crippen molar-refractivity contribution in [1.82, 2.24) is 24.4 Å². The van der Waals surface area contributed by atoms with Gasteiger partial charge in [0, 0.05) is 36.8 Å². The van der Waals surface area contributed by atoms with Crippen LogP contribution >= 0.6 is 0 Å². The number of nitrogens with one attached hydrogen (secondary N) is 1. The van der Waals surface area contributed by atoms with Gasteiger partial charge in [-0.15, -0.1) is 0 Å². The lowest BCUT2D eigenvalue weighted by atomic mass is 10.1. The zero-order valence-electron chi connectivity index (χ0n) is 18.9. The molecule has 0 aromatic carbocycles. The van der Waals surface area contributed by atoms with E-state index in [1.54, 1.807) is 6.08 Å². The number of fused-ring (bicyclic) bond motifs is 1. The number of amides is 2. The van der Waals surface area contributed by atoms with Crippen LogP contribution in [-0.2, 0) is 11.3 Å². The van der Waals surface area contributed by atoms with Crippen molar-refractivity contribution in [1.29, 1.82) is 0 Å². The Bertz CT molecular complexity index is 1130. The first-order valence-corrected chi connectivity index (χ1v) is 11.4. The van der Waals surface area contributed by atoms with Crippen LogP contribution in [0.2, 0.25) is 0 Å². The fourth-order valence-electron chi connectivity index (χ4n) is 4.36. The van der Waals surface area contributed by atoms with Crippen LogP contribution in [0.25, 0.3) is 11.7 Å². The van der Waals surface area contributed by atoms with Gasteiger partial charge >= 0.3 is 0 Å². The van der Waals surface area contributed by atoms with Crippen LogP contribution in [0.3, 0.4) is 0 Å². The minimum absolute atomic E-state index is 0.0511. The smallest absolute Gasteiger partial charge is 0.291 e. The average molecular weight is 442 g/mol. The van der Waals surface area contributed by atoms with Crippen LogP contribution in [-0.4, -0.2) is 54.6 Å². The molecule has 3 heterocycles. The SMILES string of the molecule is CC[C@H]1CCCN1C(=O)/C=C/c1cnn2c(=O)c(C(=O)NC3CC3)c(O)n(CC(C)C)c12. The Morgan fingerprint density at radius 2 is 2.06 bits per heavy atom. The zero-order valence-corrected chi connectivity index (χ0v) is 18.9. The van der Waals surface area contributed by atoms with Gasteiger partial charge in [0.2, 0.25) is 11.8 Å². The molecule has 1 aliphatic carbocycles. The summed E-state index contributed by atoms with van der Waals surface area (Å²) in [6.07, 6.45) is 9.30. The molecule has 0 unspecified atom stereocenters. The quantitative estimate of drug-likeness (QED) is 0.640. The van der Waals surface area contributed by atoms with Crippen molar-refractivity contribution in [2.24, 2.45) is 5.92 Å². The lowest BCUT2D eigenvalue weighted by Gasteiger charge is -2.21. The van der Waals surface area contributed by atoms with Crippen LogP contribution in [0.5, 0.6) is 5.88 Å². The lowest BCUT2D eigenvalue weighted by Crippen LogP contribution is -2.34. The van der Waals surface area contributed by atoms with E-state index < -0.39 is 11.5 Å². The summed E-state index contributed by atoms with van der Waals surface area (Å²) in [4.78, 5) is 40.3. The summed E-state index contributed by atoms with van der Waals surface area (Å²) < 4.78 is 2.68. The molecule has 2 aliphatic rings. The van der Waals surface area contributed by atoms with E-state index in [9.17, 15) is 19.5 Å². The van der Waals surface area contributed by atoms with E-state index in [4.69, 9.17) is 0 Å². The van der Waals surface area contributed by atoms with Gasteiger partial charge in [-0.1, -0.05) is 20.8 Å². The molecule has 1 saturated carbocycles. The topological polar surface area (TPSA) is 109 Å². The number of rotatable bonds is 7. The predicted octanol–water partition coefficient (Wildman–Crippen LogP) is 2.16. The number of carbonyl (C=O) groups excluding carboxylic acids is 2. The van der Waals surface area contributed by atoms with E-state index in [0.29, 0.717) is 17.8 Å². The summed E-state index contributed by atoms with van der Waals surface area (Å²) in [7, 11) is 0. The van der Waals surface area contributed by atoms with Crippen LogP contribution in [0.15, 0.2) is 17.1 Å². The fourth-order valence-corrected chi connectivity index (χ4v) is 4.36. The summed E-state index contributed by atoms with van der Waals surface area (Å²) in [5.41, 5.74) is -0.0793. The van der Waals surface area contributed by atoms with Gasteiger partial charge in [-0.05, 0) is 44.1 Å². The number of nitrogens with zero attached hydrogens (tertiary/aromatic N) is 4. The first-order chi connectivity index (χ1) is 15.3. The van der Waals surface area contributed by atoms with Gasteiger partial charge in [0.1, 0.15) is 5.65 Å². The second kappa shape index (κ2) is 8.80. The highest BCUT2D eigenvalue weighted by molar-refractivity contribution is 5.97. The van der Waals surface area contributed by atoms with E-state index in [0.717, 1.165) is 43.2 Å². The Morgan fingerprint density at radius 1 is 1.31 bits per heavy atom. The Kier molecular flexibility index (Phi) is 6.08. The summed E-state index contributed by atoms with van der Waals surface area (Å²) in [6.45, 7) is 7.16. The summed E-state index contributed by atoms with van der Waals surface area (Å²) in [5.74, 6) is -0.899. The molecule has 0 bridgehead atoms. The second-order valence-electron chi connectivity index (χ2n) is 9.16. The van der Waals surface area contributed by atoms with Gasteiger partial charge in [0.25, 0.3) is 11.5 Å².